The van der Waals surface area contributed by atoms with Gasteiger partial charge in [0.15, 0.2) is 11.0 Å². The number of para-hydroxylation sites is 1. The molecule has 0 bridgehead atoms. The van der Waals surface area contributed by atoms with Crippen molar-refractivity contribution in [2.45, 2.75) is 36.9 Å². The summed E-state index contributed by atoms with van der Waals surface area (Å²) in [7, 11) is 1.91. The quantitative estimate of drug-likeness (QED) is 0.582. The lowest BCUT2D eigenvalue weighted by atomic mass is 10.2. The van der Waals surface area contributed by atoms with Crippen LogP contribution in [0.1, 0.15) is 25.7 Å². The van der Waals surface area contributed by atoms with Crippen molar-refractivity contribution in [2.75, 3.05) is 11.1 Å². The third kappa shape index (κ3) is 4.98. The van der Waals surface area contributed by atoms with Gasteiger partial charge in [0.1, 0.15) is 5.75 Å². The van der Waals surface area contributed by atoms with Crippen molar-refractivity contribution in [3.05, 3.63) is 54.6 Å². The number of aromatic nitrogens is 3. The Balaban J connectivity index is 1.35. The van der Waals surface area contributed by atoms with Gasteiger partial charge in [-0.25, -0.2) is 0 Å². The molecule has 4 rings (SSSR count). The number of ether oxygens (including phenoxy) is 1. The summed E-state index contributed by atoms with van der Waals surface area (Å²) < 4.78 is 7.93. The fourth-order valence-electron chi connectivity index (χ4n) is 3.42. The van der Waals surface area contributed by atoms with E-state index in [1.807, 2.05) is 66.2 Å². The fraction of sp³-hybridized carbons (Fsp3) is 0.318. The molecule has 1 amide bonds. The number of nitrogens with zero attached hydrogens (tertiary/aromatic N) is 3. The molecule has 7 heteroatoms. The van der Waals surface area contributed by atoms with Crippen LogP contribution < -0.4 is 10.1 Å². The van der Waals surface area contributed by atoms with E-state index in [4.69, 9.17) is 4.74 Å². The zero-order chi connectivity index (χ0) is 20.1. The SMILES string of the molecule is Cn1c(SCC(=O)Nc2ccccc2)nnc1-c1ccc(OC2CCCC2)cc1. The molecule has 1 N–H and O–H groups in total. The molecule has 0 spiro atoms. The van der Waals surface area contributed by atoms with Gasteiger partial charge in [-0.15, -0.1) is 10.2 Å². The van der Waals surface area contributed by atoms with Crippen molar-refractivity contribution in [1.82, 2.24) is 14.8 Å². The second-order valence-corrected chi connectivity index (χ2v) is 8.06. The molecule has 29 heavy (non-hydrogen) atoms. The number of anilines is 1. The van der Waals surface area contributed by atoms with Crippen LogP contribution in [0, 0.1) is 0 Å². The van der Waals surface area contributed by atoms with Crippen LogP contribution in [0.5, 0.6) is 5.75 Å². The topological polar surface area (TPSA) is 69.0 Å². The maximum absolute atomic E-state index is 12.2. The molecule has 2 aromatic carbocycles. The predicted molar refractivity (Wildman–Crippen MR) is 115 cm³/mol. The van der Waals surface area contributed by atoms with E-state index in [2.05, 4.69) is 15.5 Å². The summed E-state index contributed by atoms with van der Waals surface area (Å²) in [6.07, 6.45) is 5.14. The fourth-order valence-corrected chi connectivity index (χ4v) is 4.13. The van der Waals surface area contributed by atoms with Gasteiger partial charge in [0.25, 0.3) is 0 Å². The van der Waals surface area contributed by atoms with E-state index in [1.165, 1.54) is 24.6 Å². The Bertz CT molecular complexity index is 951. The molecular weight excluding hydrogens is 384 g/mol. The molecule has 1 saturated carbocycles. The average molecular weight is 409 g/mol. The van der Waals surface area contributed by atoms with Gasteiger partial charge in [-0.1, -0.05) is 30.0 Å². The number of rotatable bonds is 7. The van der Waals surface area contributed by atoms with Crippen LogP contribution in [0.3, 0.4) is 0 Å². The Morgan fingerprint density at radius 3 is 2.55 bits per heavy atom. The van der Waals surface area contributed by atoms with Crippen molar-refractivity contribution in [3.63, 3.8) is 0 Å². The predicted octanol–water partition coefficient (Wildman–Crippen LogP) is 4.53. The van der Waals surface area contributed by atoms with Crippen molar-refractivity contribution in [1.29, 1.82) is 0 Å². The summed E-state index contributed by atoms with van der Waals surface area (Å²) in [4.78, 5) is 12.2. The van der Waals surface area contributed by atoms with E-state index in [-0.39, 0.29) is 11.7 Å². The van der Waals surface area contributed by atoms with E-state index >= 15 is 0 Å². The van der Waals surface area contributed by atoms with E-state index in [1.54, 1.807) is 0 Å². The summed E-state index contributed by atoms with van der Waals surface area (Å²) in [6, 6.07) is 17.4. The van der Waals surface area contributed by atoms with Gasteiger partial charge in [0.2, 0.25) is 5.91 Å². The first-order chi connectivity index (χ1) is 14.2. The smallest absolute Gasteiger partial charge is 0.234 e. The van der Waals surface area contributed by atoms with Gasteiger partial charge in [0.05, 0.1) is 11.9 Å². The normalized spacial score (nSPS) is 14.1. The maximum atomic E-state index is 12.2. The minimum atomic E-state index is -0.0702. The van der Waals surface area contributed by atoms with Crippen LogP contribution in [-0.2, 0) is 11.8 Å². The van der Waals surface area contributed by atoms with E-state index in [9.17, 15) is 4.79 Å². The minimum absolute atomic E-state index is 0.0702. The highest BCUT2D eigenvalue weighted by molar-refractivity contribution is 7.99. The van der Waals surface area contributed by atoms with E-state index in [0.29, 0.717) is 11.3 Å². The van der Waals surface area contributed by atoms with Crippen LogP contribution in [0.25, 0.3) is 11.4 Å². The summed E-state index contributed by atoms with van der Waals surface area (Å²) >= 11 is 1.37. The number of benzene rings is 2. The summed E-state index contributed by atoms with van der Waals surface area (Å²) in [5, 5.41) is 12.1. The molecule has 0 saturated heterocycles. The number of amides is 1. The Kier molecular flexibility index (Phi) is 6.14. The first kappa shape index (κ1) is 19.5. The number of hydrogen-bond donors (Lipinski definition) is 1. The molecule has 6 nitrogen and oxygen atoms in total. The minimum Gasteiger partial charge on any atom is -0.490 e. The van der Waals surface area contributed by atoms with Crippen molar-refractivity contribution < 1.29 is 9.53 Å². The molecule has 1 aromatic heterocycles. The molecule has 150 valence electrons. The molecule has 1 aliphatic rings. The average Bonchev–Trinajstić information content (AvgIpc) is 3.38. The van der Waals surface area contributed by atoms with Crippen molar-refractivity contribution in [2.24, 2.45) is 7.05 Å². The van der Waals surface area contributed by atoms with Gasteiger partial charge >= 0.3 is 0 Å². The summed E-state index contributed by atoms with van der Waals surface area (Å²) in [5.74, 6) is 1.87. The van der Waals surface area contributed by atoms with Crippen LogP contribution in [0.15, 0.2) is 59.8 Å². The number of hydrogen-bond acceptors (Lipinski definition) is 5. The largest absolute Gasteiger partial charge is 0.490 e. The lowest BCUT2D eigenvalue weighted by molar-refractivity contribution is -0.113. The highest BCUT2D eigenvalue weighted by atomic mass is 32.2. The van der Waals surface area contributed by atoms with E-state index in [0.717, 1.165) is 35.7 Å². The summed E-state index contributed by atoms with van der Waals surface area (Å²) in [5.41, 5.74) is 1.76. The Morgan fingerprint density at radius 1 is 1.10 bits per heavy atom. The van der Waals surface area contributed by atoms with Gasteiger partial charge in [0, 0.05) is 18.3 Å². The number of thioether (sulfide) groups is 1. The molecule has 0 unspecified atom stereocenters. The van der Waals surface area contributed by atoms with Gasteiger partial charge in [-0.3, -0.25) is 4.79 Å². The van der Waals surface area contributed by atoms with Crippen molar-refractivity contribution >= 4 is 23.4 Å². The molecule has 0 radical (unpaired) electrons. The van der Waals surface area contributed by atoms with Crippen LogP contribution in [-0.4, -0.2) is 32.5 Å². The zero-order valence-electron chi connectivity index (χ0n) is 16.4. The Morgan fingerprint density at radius 2 is 1.83 bits per heavy atom. The number of carbonyl (C=O) groups excluding carboxylic acids is 1. The monoisotopic (exact) mass is 408 g/mol. The Labute approximate surface area is 174 Å². The maximum Gasteiger partial charge on any atom is 0.234 e. The molecule has 0 aliphatic heterocycles. The lowest BCUT2D eigenvalue weighted by Gasteiger charge is -2.13. The molecular formula is C22H24N4O2S. The molecule has 1 fully saturated rings. The number of carbonyl (C=O) groups is 1. The summed E-state index contributed by atoms with van der Waals surface area (Å²) in [6.45, 7) is 0. The van der Waals surface area contributed by atoms with Gasteiger partial charge < -0.3 is 14.6 Å². The molecule has 1 heterocycles. The van der Waals surface area contributed by atoms with Gasteiger partial charge in [-0.05, 0) is 62.1 Å². The number of nitrogens with one attached hydrogen (secondary N) is 1. The second-order valence-electron chi connectivity index (χ2n) is 7.12. The highest BCUT2D eigenvalue weighted by Gasteiger charge is 2.17. The molecule has 0 atom stereocenters. The molecule has 1 aliphatic carbocycles. The molecule has 3 aromatic rings. The second kappa shape index (κ2) is 9.13. The van der Waals surface area contributed by atoms with Gasteiger partial charge in [-0.2, -0.15) is 0 Å². The third-order valence-electron chi connectivity index (χ3n) is 4.94. The first-order valence-corrected chi connectivity index (χ1v) is 10.8. The van der Waals surface area contributed by atoms with Crippen LogP contribution >= 0.6 is 11.8 Å². The van der Waals surface area contributed by atoms with Crippen molar-refractivity contribution in [3.8, 4) is 17.1 Å². The highest BCUT2D eigenvalue weighted by Crippen LogP contribution is 2.27. The standard InChI is InChI=1S/C22H24N4O2S/c1-26-21(16-11-13-19(14-12-16)28-18-9-5-6-10-18)24-25-22(26)29-15-20(27)23-17-7-3-2-4-8-17/h2-4,7-8,11-14,18H,5-6,9-10,15H2,1H3,(H,23,27). The van der Waals surface area contributed by atoms with E-state index < -0.39 is 0 Å². The van der Waals surface area contributed by atoms with Crippen LogP contribution in [0.2, 0.25) is 0 Å². The third-order valence-corrected chi connectivity index (χ3v) is 5.96. The lowest BCUT2D eigenvalue weighted by Crippen LogP contribution is -2.14. The Hall–Kier alpha value is -2.80. The first-order valence-electron chi connectivity index (χ1n) is 9.83. The van der Waals surface area contributed by atoms with Crippen LogP contribution in [0.4, 0.5) is 5.69 Å². The zero-order valence-corrected chi connectivity index (χ0v) is 17.2.